The lowest BCUT2D eigenvalue weighted by Gasteiger charge is -2.13. The minimum atomic E-state index is -0.180. The highest BCUT2D eigenvalue weighted by molar-refractivity contribution is 8.26. The molecule has 0 spiro atoms. The van der Waals surface area contributed by atoms with E-state index in [4.69, 9.17) is 33.3 Å². The molecule has 1 fully saturated rings. The topological polar surface area (TPSA) is 47.6 Å². The first-order valence-electron chi connectivity index (χ1n) is 7.94. The standard InChI is InChI=1S/C19H16ClNO3S2/c1-2-23-16-9-13(10-17-18(22)21-19(25)26-17)5-8-15(16)24-11-12-3-6-14(20)7-4-12/h3-10H,2,11H2,1H3,(H,21,22,25). The summed E-state index contributed by atoms with van der Waals surface area (Å²) in [7, 11) is 0. The van der Waals surface area contributed by atoms with Gasteiger partial charge >= 0.3 is 0 Å². The Balaban J connectivity index is 1.78. The number of carbonyl (C=O) groups excluding carboxylic acids is 1. The third-order valence-electron chi connectivity index (χ3n) is 3.52. The van der Waals surface area contributed by atoms with Gasteiger partial charge in [0.15, 0.2) is 11.5 Å². The van der Waals surface area contributed by atoms with E-state index in [9.17, 15) is 4.79 Å². The van der Waals surface area contributed by atoms with E-state index >= 15 is 0 Å². The highest BCUT2D eigenvalue weighted by atomic mass is 35.5. The van der Waals surface area contributed by atoms with Gasteiger partial charge in [0.25, 0.3) is 5.91 Å². The van der Waals surface area contributed by atoms with Gasteiger partial charge in [-0.3, -0.25) is 4.79 Å². The second-order valence-corrected chi connectivity index (χ2v) is 7.56. The van der Waals surface area contributed by atoms with Crippen LogP contribution >= 0.6 is 35.6 Å². The number of hydrogen-bond donors (Lipinski definition) is 1. The lowest BCUT2D eigenvalue weighted by atomic mass is 10.2. The van der Waals surface area contributed by atoms with Gasteiger partial charge in [0.05, 0.1) is 11.5 Å². The summed E-state index contributed by atoms with van der Waals surface area (Å²) < 4.78 is 12.0. The maximum Gasteiger partial charge on any atom is 0.263 e. The predicted octanol–water partition coefficient (Wildman–Crippen LogP) is 4.81. The molecule has 134 valence electrons. The van der Waals surface area contributed by atoms with Crippen LogP contribution in [0.3, 0.4) is 0 Å². The first-order valence-corrected chi connectivity index (χ1v) is 9.54. The average molecular weight is 406 g/mol. The molecule has 2 aromatic rings. The Morgan fingerprint density at radius 3 is 2.58 bits per heavy atom. The molecule has 0 atom stereocenters. The van der Waals surface area contributed by atoms with Gasteiger partial charge in [0.1, 0.15) is 10.9 Å². The third kappa shape index (κ3) is 4.78. The number of benzene rings is 2. The van der Waals surface area contributed by atoms with Crippen LogP contribution in [0.2, 0.25) is 5.02 Å². The normalized spacial score (nSPS) is 15.2. The molecule has 0 radical (unpaired) electrons. The predicted molar refractivity (Wildman–Crippen MR) is 110 cm³/mol. The molecule has 1 aliphatic rings. The summed E-state index contributed by atoms with van der Waals surface area (Å²) in [5, 5.41) is 3.29. The number of carbonyl (C=O) groups is 1. The van der Waals surface area contributed by atoms with Crippen LogP contribution in [0.25, 0.3) is 6.08 Å². The zero-order valence-corrected chi connectivity index (χ0v) is 16.3. The lowest BCUT2D eigenvalue weighted by Crippen LogP contribution is -2.17. The summed E-state index contributed by atoms with van der Waals surface area (Å²) in [6.45, 7) is 2.83. The van der Waals surface area contributed by atoms with E-state index in [-0.39, 0.29) is 5.91 Å². The van der Waals surface area contributed by atoms with Crippen molar-refractivity contribution < 1.29 is 14.3 Å². The highest BCUT2D eigenvalue weighted by Gasteiger charge is 2.22. The number of ether oxygens (including phenoxy) is 2. The molecule has 1 N–H and O–H groups in total. The molecular formula is C19H16ClNO3S2. The van der Waals surface area contributed by atoms with Gasteiger partial charge in [-0.2, -0.15) is 0 Å². The molecule has 0 bridgehead atoms. The van der Waals surface area contributed by atoms with Crippen LogP contribution in [0, 0.1) is 0 Å². The maximum absolute atomic E-state index is 11.8. The minimum absolute atomic E-state index is 0.180. The molecule has 4 nitrogen and oxygen atoms in total. The van der Waals surface area contributed by atoms with Crippen LogP contribution in [0.15, 0.2) is 47.4 Å². The van der Waals surface area contributed by atoms with Crippen molar-refractivity contribution in [3.63, 3.8) is 0 Å². The van der Waals surface area contributed by atoms with Crippen molar-refractivity contribution in [2.45, 2.75) is 13.5 Å². The van der Waals surface area contributed by atoms with Crippen molar-refractivity contribution in [3.05, 3.63) is 63.5 Å². The van der Waals surface area contributed by atoms with Crippen molar-refractivity contribution in [3.8, 4) is 11.5 Å². The number of halogens is 1. The van der Waals surface area contributed by atoms with Crippen LogP contribution in [-0.4, -0.2) is 16.8 Å². The van der Waals surface area contributed by atoms with Crippen LogP contribution in [0.1, 0.15) is 18.1 Å². The van der Waals surface area contributed by atoms with Gasteiger partial charge in [-0.25, -0.2) is 0 Å². The molecular weight excluding hydrogens is 390 g/mol. The van der Waals surface area contributed by atoms with Crippen LogP contribution < -0.4 is 14.8 Å². The van der Waals surface area contributed by atoms with E-state index in [2.05, 4.69) is 5.32 Å². The van der Waals surface area contributed by atoms with Gasteiger partial charge in [-0.1, -0.05) is 53.8 Å². The number of thioether (sulfide) groups is 1. The van der Waals surface area contributed by atoms with E-state index < -0.39 is 0 Å². The first-order chi connectivity index (χ1) is 12.5. The number of rotatable bonds is 6. The number of thiocarbonyl (C=S) groups is 1. The molecule has 0 saturated carbocycles. The van der Waals surface area contributed by atoms with Crippen LogP contribution in [0.5, 0.6) is 11.5 Å². The average Bonchev–Trinajstić information content (AvgIpc) is 2.93. The molecule has 1 amide bonds. The van der Waals surface area contributed by atoms with Crippen molar-refractivity contribution >= 4 is 51.9 Å². The fourth-order valence-corrected chi connectivity index (χ4v) is 3.49. The van der Waals surface area contributed by atoms with E-state index in [1.807, 2.05) is 49.4 Å². The zero-order chi connectivity index (χ0) is 18.5. The maximum atomic E-state index is 11.8. The van der Waals surface area contributed by atoms with Gasteiger partial charge in [0.2, 0.25) is 0 Å². The SMILES string of the molecule is CCOc1cc(C=C2SC(=S)NC2=O)ccc1OCc1ccc(Cl)cc1. The second kappa shape index (κ2) is 8.58. The molecule has 26 heavy (non-hydrogen) atoms. The fourth-order valence-electron chi connectivity index (χ4n) is 2.32. The van der Waals surface area contributed by atoms with Crippen molar-refractivity contribution in [1.82, 2.24) is 5.32 Å². The Labute approximate surface area is 166 Å². The smallest absolute Gasteiger partial charge is 0.263 e. The molecule has 7 heteroatoms. The summed E-state index contributed by atoms with van der Waals surface area (Å²) in [5.41, 5.74) is 1.85. The van der Waals surface area contributed by atoms with Crippen molar-refractivity contribution in [2.24, 2.45) is 0 Å². The minimum Gasteiger partial charge on any atom is -0.490 e. The Morgan fingerprint density at radius 2 is 1.92 bits per heavy atom. The molecule has 2 aromatic carbocycles. The number of nitrogens with one attached hydrogen (secondary N) is 1. The van der Waals surface area contributed by atoms with E-state index in [0.717, 1.165) is 11.1 Å². The number of amides is 1. The zero-order valence-electron chi connectivity index (χ0n) is 14.0. The third-order valence-corrected chi connectivity index (χ3v) is 4.93. The summed E-state index contributed by atoms with van der Waals surface area (Å²) in [6, 6.07) is 13.1. The first kappa shape index (κ1) is 18.8. The quantitative estimate of drug-likeness (QED) is 0.552. The summed E-state index contributed by atoms with van der Waals surface area (Å²) in [6.07, 6.45) is 1.78. The van der Waals surface area contributed by atoms with Gasteiger partial charge < -0.3 is 14.8 Å². The number of hydrogen-bond acceptors (Lipinski definition) is 5. The van der Waals surface area contributed by atoms with E-state index in [0.29, 0.717) is 39.0 Å². The molecule has 1 heterocycles. The fraction of sp³-hybridized carbons (Fsp3) is 0.158. The Kier molecular flexibility index (Phi) is 6.19. The van der Waals surface area contributed by atoms with Gasteiger partial charge in [0, 0.05) is 5.02 Å². The molecule has 3 rings (SSSR count). The second-order valence-electron chi connectivity index (χ2n) is 5.41. The summed E-state index contributed by atoms with van der Waals surface area (Å²) in [4.78, 5) is 12.4. The monoisotopic (exact) mass is 405 g/mol. The Bertz CT molecular complexity index is 866. The summed E-state index contributed by atoms with van der Waals surface area (Å²) in [5.74, 6) is 1.09. The van der Waals surface area contributed by atoms with Crippen molar-refractivity contribution in [2.75, 3.05) is 6.61 Å². The molecule has 0 unspecified atom stereocenters. The summed E-state index contributed by atoms with van der Waals surface area (Å²) >= 11 is 12.2. The Morgan fingerprint density at radius 1 is 1.15 bits per heavy atom. The molecule has 0 aromatic heterocycles. The van der Waals surface area contributed by atoms with Crippen LogP contribution in [0.4, 0.5) is 0 Å². The largest absolute Gasteiger partial charge is 0.490 e. The molecule has 1 saturated heterocycles. The molecule has 1 aliphatic heterocycles. The van der Waals surface area contributed by atoms with Gasteiger partial charge in [-0.15, -0.1) is 0 Å². The molecule has 0 aliphatic carbocycles. The van der Waals surface area contributed by atoms with Crippen molar-refractivity contribution in [1.29, 1.82) is 0 Å². The highest BCUT2D eigenvalue weighted by Crippen LogP contribution is 2.32. The van der Waals surface area contributed by atoms with E-state index in [1.165, 1.54) is 11.8 Å². The van der Waals surface area contributed by atoms with E-state index in [1.54, 1.807) is 6.08 Å². The Hall–Kier alpha value is -2.02. The lowest BCUT2D eigenvalue weighted by molar-refractivity contribution is -0.115. The van der Waals surface area contributed by atoms with Gasteiger partial charge in [-0.05, 0) is 48.4 Å². The van der Waals surface area contributed by atoms with Crippen LogP contribution in [-0.2, 0) is 11.4 Å².